The van der Waals surface area contributed by atoms with Crippen molar-refractivity contribution >= 4 is 29.1 Å². The third kappa shape index (κ3) is 4.88. The lowest BCUT2D eigenvalue weighted by atomic mass is 10.2. The van der Waals surface area contributed by atoms with E-state index in [-0.39, 0.29) is 5.69 Å². The Kier molecular flexibility index (Phi) is 5.16. The second-order valence-corrected chi connectivity index (χ2v) is 5.13. The number of carbonyl (C=O) groups is 1. The Hall–Kier alpha value is -2.35. The first kappa shape index (κ1) is 16.0. The lowest BCUT2D eigenvalue weighted by Gasteiger charge is -2.09. The average molecular weight is 328 g/mol. The van der Waals surface area contributed by atoms with Crippen LogP contribution in [-0.2, 0) is 15.8 Å². The minimum atomic E-state index is -4.46. The topological polar surface area (TPSA) is 50.7 Å². The van der Waals surface area contributed by atoms with Crippen molar-refractivity contribution in [3.05, 3.63) is 52.2 Å². The molecule has 8 heteroatoms. The van der Waals surface area contributed by atoms with E-state index in [0.29, 0.717) is 0 Å². The van der Waals surface area contributed by atoms with Gasteiger partial charge in [0.2, 0.25) is 0 Å². The summed E-state index contributed by atoms with van der Waals surface area (Å²) in [6.45, 7) is -0.391. The van der Waals surface area contributed by atoms with Crippen molar-refractivity contribution in [3.8, 4) is 0 Å². The smallest absolute Gasteiger partial charge is 0.386 e. The molecule has 0 aliphatic rings. The summed E-state index contributed by atoms with van der Waals surface area (Å²) in [4.78, 5) is 17.2. The van der Waals surface area contributed by atoms with E-state index in [9.17, 15) is 18.0 Å². The SMILES string of the molecule is O=C(CO/N=C/c1cccs1)Nc1cccc(C(F)(F)F)c1. The summed E-state index contributed by atoms with van der Waals surface area (Å²) >= 11 is 1.45. The molecule has 1 aromatic carbocycles. The fourth-order valence-corrected chi connectivity index (χ4v) is 2.10. The third-order valence-corrected chi connectivity index (χ3v) is 3.27. The van der Waals surface area contributed by atoms with E-state index < -0.39 is 24.3 Å². The summed E-state index contributed by atoms with van der Waals surface area (Å²) in [6.07, 6.45) is -3.01. The maximum atomic E-state index is 12.5. The number of hydrogen-bond acceptors (Lipinski definition) is 4. The van der Waals surface area contributed by atoms with Crippen molar-refractivity contribution in [3.63, 3.8) is 0 Å². The number of oxime groups is 1. The van der Waals surface area contributed by atoms with Gasteiger partial charge in [0.15, 0.2) is 6.61 Å². The summed E-state index contributed by atoms with van der Waals surface area (Å²) in [5.74, 6) is -0.595. The molecule has 116 valence electrons. The first-order valence-electron chi connectivity index (χ1n) is 6.11. The normalized spacial score (nSPS) is 11.6. The van der Waals surface area contributed by atoms with Gasteiger partial charge in [0, 0.05) is 10.6 Å². The molecule has 4 nitrogen and oxygen atoms in total. The second-order valence-electron chi connectivity index (χ2n) is 4.15. The Morgan fingerprint density at radius 2 is 2.14 bits per heavy atom. The number of carbonyl (C=O) groups excluding carboxylic acids is 1. The summed E-state index contributed by atoms with van der Waals surface area (Å²) in [7, 11) is 0. The van der Waals surface area contributed by atoms with E-state index in [1.807, 2.05) is 17.5 Å². The van der Waals surface area contributed by atoms with Gasteiger partial charge >= 0.3 is 6.18 Å². The largest absolute Gasteiger partial charge is 0.416 e. The monoisotopic (exact) mass is 328 g/mol. The van der Waals surface area contributed by atoms with Gasteiger partial charge in [0.25, 0.3) is 5.91 Å². The molecule has 0 aliphatic heterocycles. The molecule has 0 fully saturated rings. The predicted molar refractivity (Wildman–Crippen MR) is 77.9 cm³/mol. The van der Waals surface area contributed by atoms with Crippen molar-refractivity contribution in [1.29, 1.82) is 0 Å². The number of thiophene rings is 1. The van der Waals surface area contributed by atoms with E-state index in [1.54, 1.807) is 0 Å². The first-order valence-corrected chi connectivity index (χ1v) is 6.99. The molecular weight excluding hydrogens is 317 g/mol. The molecule has 0 bridgehead atoms. The summed E-state index contributed by atoms with van der Waals surface area (Å²) in [6, 6.07) is 8.02. The molecule has 2 aromatic rings. The zero-order chi connectivity index (χ0) is 16.0. The number of halogens is 3. The van der Waals surface area contributed by atoms with Gasteiger partial charge < -0.3 is 10.2 Å². The highest BCUT2D eigenvalue weighted by molar-refractivity contribution is 7.11. The molecular formula is C14H11F3N2O2S. The van der Waals surface area contributed by atoms with Crippen molar-refractivity contribution < 1.29 is 22.8 Å². The van der Waals surface area contributed by atoms with E-state index in [0.717, 1.165) is 17.0 Å². The predicted octanol–water partition coefficient (Wildman–Crippen LogP) is 3.76. The van der Waals surface area contributed by atoms with Gasteiger partial charge in [-0.05, 0) is 29.6 Å². The van der Waals surface area contributed by atoms with Crippen LogP contribution in [0, 0.1) is 0 Å². The van der Waals surface area contributed by atoms with Gasteiger partial charge in [-0.2, -0.15) is 13.2 Å². The molecule has 0 unspecified atom stereocenters. The maximum Gasteiger partial charge on any atom is 0.416 e. The quantitative estimate of drug-likeness (QED) is 0.671. The molecule has 0 aliphatic carbocycles. The highest BCUT2D eigenvalue weighted by atomic mass is 32.1. The molecule has 0 atom stereocenters. The fraction of sp³-hybridized carbons (Fsp3) is 0.143. The van der Waals surface area contributed by atoms with Crippen LogP contribution >= 0.6 is 11.3 Å². The van der Waals surface area contributed by atoms with Gasteiger partial charge in [0.05, 0.1) is 11.8 Å². The van der Waals surface area contributed by atoms with Gasteiger partial charge in [-0.1, -0.05) is 17.3 Å². The van der Waals surface area contributed by atoms with Gasteiger partial charge in [-0.25, -0.2) is 0 Å². The van der Waals surface area contributed by atoms with Gasteiger partial charge in [-0.3, -0.25) is 4.79 Å². The third-order valence-electron chi connectivity index (χ3n) is 2.47. The minimum absolute atomic E-state index is 0.0469. The van der Waals surface area contributed by atoms with E-state index in [1.165, 1.54) is 29.7 Å². The van der Waals surface area contributed by atoms with E-state index in [4.69, 9.17) is 4.84 Å². The number of rotatable bonds is 5. The van der Waals surface area contributed by atoms with Crippen LogP contribution in [-0.4, -0.2) is 18.7 Å². The number of nitrogens with zero attached hydrogens (tertiary/aromatic N) is 1. The number of benzene rings is 1. The molecule has 0 radical (unpaired) electrons. The molecule has 0 saturated carbocycles. The maximum absolute atomic E-state index is 12.5. The zero-order valence-corrected chi connectivity index (χ0v) is 11.9. The van der Waals surface area contributed by atoms with Crippen molar-refractivity contribution in [1.82, 2.24) is 0 Å². The Morgan fingerprint density at radius 3 is 2.82 bits per heavy atom. The van der Waals surface area contributed by atoms with Crippen LogP contribution in [0.4, 0.5) is 18.9 Å². The second kappa shape index (κ2) is 7.08. The number of amides is 1. The highest BCUT2D eigenvalue weighted by Gasteiger charge is 2.30. The molecule has 0 spiro atoms. The van der Waals surface area contributed by atoms with Crippen LogP contribution in [0.3, 0.4) is 0 Å². The van der Waals surface area contributed by atoms with E-state index in [2.05, 4.69) is 10.5 Å². The van der Waals surface area contributed by atoms with Crippen LogP contribution in [0.1, 0.15) is 10.4 Å². The number of hydrogen-bond donors (Lipinski definition) is 1. The lowest BCUT2D eigenvalue weighted by Crippen LogP contribution is -2.17. The Morgan fingerprint density at radius 1 is 1.32 bits per heavy atom. The van der Waals surface area contributed by atoms with Crippen molar-refractivity contribution in [2.24, 2.45) is 5.16 Å². The number of nitrogens with one attached hydrogen (secondary N) is 1. The van der Waals surface area contributed by atoms with Crippen LogP contribution < -0.4 is 5.32 Å². The lowest BCUT2D eigenvalue weighted by molar-refractivity contribution is -0.137. The summed E-state index contributed by atoms with van der Waals surface area (Å²) < 4.78 is 37.6. The standard InChI is InChI=1S/C14H11F3N2O2S/c15-14(16,17)10-3-1-4-11(7-10)19-13(20)9-21-18-8-12-5-2-6-22-12/h1-8H,9H2,(H,19,20)/b18-8+. The van der Waals surface area contributed by atoms with Gasteiger partial charge in [-0.15, -0.1) is 11.3 Å². The van der Waals surface area contributed by atoms with Gasteiger partial charge in [0.1, 0.15) is 0 Å². The molecule has 1 heterocycles. The summed E-state index contributed by atoms with van der Waals surface area (Å²) in [5.41, 5.74) is -0.785. The van der Waals surface area contributed by atoms with Crippen molar-refractivity contribution in [2.45, 2.75) is 6.18 Å². The molecule has 2 rings (SSSR count). The minimum Gasteiger partial charge on any atom is -0.386 e. The number of alkyl halides is 3. The Balaban J connectivity index is 1.84. The fourth-order valence-electron chi connectivity index (χ4n) is 1.52. The van der Waals surface area contributed by atoms with E-state index >= 15 is 0 Å². The molecule has 0 saturated heterocycles. The van der Waals surface area contributed by atoms with Crippen molar-refractivity contribution in [2.75, 3.05) is 11.9 Å². The molecule has 1 amide bonds. The van der Waals surface area contributed by atoms with Crippen LogP contribution in [0.2, 0.25) is 0 Å². The Bertz CT molecular complexity index is 654. The first-order chi connectivity index (χ1) is 10.4. The average Bonchev–Trinajstić information content (AvgIpc) is 2.96. The van der Waals surface area contributed by atoms with Crippen LogP contribution in [0.25, 0.3) is 0 Å². The molecule has 1 aromatic heterocycles. The molecule has 22 heavy (non-hydrogen) atoms. The number of anilines is 1. The van der Waals surface area contributed by atoms with Crippen LogP contribution in [0.15, 0.2) is 46.9 Å². The zero-order valence-electron chi connectivity index (χ0n) is 11.1. The molecule has 1 N–H and O–H groups in total. The Labute approximate surface area is 128 Å². The summed E-state index contributed by atoms with van der Waals surface area (Å²) in [5, 5.41) is 7.77. The highest BCUT2D eigenvalue weighted by Crippen LogP contribution is 2.30. The van der Waals surface area contributed by atoms with Crippen LogP contribution in [0.5, 0.6) is 0 Å².